The predicted molar refractivity (Wildman–Crippen MR) is 84.8 cm³/mol. The molecule has 4 nitrogen and oxygen atoms in total. The lowest BCUT2D eigenvalue weighted by atomic mass is 10.1. The van der Waals surface area contributed by atoms with Crippen molar-refractivity contribution in [2.24, 2.45) is 0 Å². The zero-order valence-corrected chi connectivity index (χ0v) is 12.2. The van der Waals surface area contributed by atoms with Crippen LogP contribution in [0.25, 0.3) is 10.8 Å². The molecule has 2 N–H and O–H groups in total. The van der Waals surface area contributed by atoms with Gasteiger partial charge in [0.05, 0.1) is 0 Å². The van der Waals surface area contributed by atoms with E-state index in [1.807, 2.05) is 30.3 Å². The second kappa shape index (κ2) is 6.89. The third kappa shape index (κ3) is 3.94. The van der Waals surface area contributed by atoms with Crippen molar-refractivity contribution in [3.63, 3.8) is 0 Å². The molecule has 0 spiro atoms. The van der Waals surface area contributed by atoms with Crippen LogP contribution in [-0.4, -0.2) is 55.4 Å². The minimum atomic E-state index is -0.449. The fraction of sp³-hybridized carbons (Fsp3) is 0.412. The van der Waals surface area contributed by atoms with Crippen molar-refractivity contribution in [1.29, 1.82) is 0 Å². The highest BCUT2D eigenvalue weighted by atomic mass is 16.5. The van der Waals surface area contributed by atoms with Crippen LogP contribution in [-0.2, 0) is 0 Å². The van der Waals surface area contributed by atoms with E-state index >= 15 is 0 Å². The van der Waals surface area contributed by atoms with Gasteiger partial charge in [0.25, 0.3) is 0 Å². The number of rotatable bonds is 5. The van der Waals surface area contributed by atoms with Gasteiger partial charge in [-0.05, 0) is 22.9 Å². The summed E-state index contributed by atoms with van der Waals surface area (Å²) in [5.74, 6) is 0.813. The third-order valence-electron chi connectivity index (χ3n) is 3.84. The van der Waals surface area contributed by atoms with E-state index in [0.29, 0.717) is 13.2 Å². The first kappa shape index (κ1) is 14.3. The Bertz CT molecular complexity index is 582. The maximum atomic E-state index is 10.1. The zero-order chi connectivity index (χ0) is 14.5. The second-order valence-corrected chi connectivity index (χ2v) is 5.52. The van der Waals surface area contributed by atoms with Crippen LogP contribution < -0.4 is 10.1 Å². The van der Waals surface area contributed by atoms with Crippen molar-refractivity contribution >= 4 is 10.8 Å². The highest BCUT2D eigenvalue weighted by molar-refractivity contribution is 5.83. The molecule has 0 saturated carbocycles. The molecule has 4 heteroatoms. The molecule has 0 amide bonds. The molecule has 21 heavy (non-hydrogen) atoms. The Hall–Kier alpha value is -1.62. The number of aliphatic hydroxyl groups is 1. The van der Waals surface area contributed by atoms with Gasteiger partial charge in [-0.3, -0.25) is 4.90 Å². The van der Waals surface area contributed by atoms with Gasteiger partial charge in [0.1, 0.15) is 18.5 Å². The number of fused-ring (bicyclic) bond motifs is 1. The van der Waals surface area contributed by atoms with E-state index in [1.54, 1.807) is 0 Å². The average molecular weight is 286 g/mol. The van der Waals surface area contributed by atoms with Crippen molar-refractivity contribution in [2.45, 2.75) is 6.10 Å². The standard InChI is InChI=1S/C17H22N2O2/c20-16(12-19-9-7-18-8-10-19)13-21-17-6-5-14-3-1-2-4-15(14)11-17/h1-6,11,16,18,20H,7-10,12-13H2. The maximum Gasteiger partial charge on any atom is 0.120 e. The highest BCUT2D eigenvalue weighted by Crippen LogP contribution is 2.20. The molecule has 0 bridgehead atoms. The number of benzene rings is 2. The number of β-amino-alcohol motifs (C(OH)–C–C–N with tert-alkyl or cyclic N) is 1. The van der Waals surface area contributed by atoms with Gasteiger partial charge >= 0.3 is 0 Å². The summed E-state index contributed by atoms with van der Waals surface area (Å²) >= 11 is 0. The fourth-order valence-electron chi connectivity index (χ4n) is 2.69. The van der Waals surface area contributed by atoms with E-state index in [1.165, 1.54) is 5.39 Å². The lowest BCUT2D eigenvalue weighted by Gasteiger charge is -2.29. The number of hydrogen-bond acceptors (Lipinski definition) is 4. The number of nitrogens with one attached hydrogen (secondary N) is 1. The summed E-state index contributed by atoms with van der Waals surface area (Å²) in [5, 5.41) is 15.8. The molecule has 2 aromatic rings. The van der Waals surface area contributed by atoms with E-state index in [0.717, 1.165) is 37.3 Å². The maximum absolute atomic E-state index is 10.1. The second-order valence-electron chi connectivity index (χ2n) is 5.52. The van der Waals surface area contributed by atoms with Gasteiger partial charge in [0.15, 0.2) is 0 Å². The van der Waals surface area contributed by atoms with Gasteiger partial charge in [-0.1, -0.05) is 30.3 Å². The SMILES string of the molecule is OC(COc1ccc2ccccc2c1)CN1CCNCC1. The molecule has 0 aromatic heterocycles. The molecule has 1 aliphatic rings. The Morgan fingerprint density at radius 2 is 1.86 bits per heavy atom. The smallest absolute Gasteiger partial charge is 0.120 e. The van der Waals surface area contributed by atoms with E-state index in [2.05, 4.69) is 22.3 Å². The van der Waals surface area contributed by atoms with Crippen molar-refractivity contribution < 1.29 is 9.84 Å². The van der Waals surface area contributed by atoms with Gasteiger partial charge in [-0.25, -0.2) is 0 Å². The lowest BCUT2D eigenvalue weighted by molar-refractivity contribution is 0.0642. The number of piperazine rings is 1. The number of nitrogens with zero attached hydrogens (tertiary/aromatic N) is 1. The Balaban J connectivity index is 1.53. The molecule has 2 aromatic carbocycles. The molecular weight excluding hydrogens is 264 g/mol. The van der Waals surface area contributed by atoms with E-state index in [4.69, 9.17) is 4.74 Å². The molecule has 1 unspecified atom stereocenters. The van der Waals surface area contributed by atoms with Crippen LogP contribution in [0.3, 0.4) is 0 Å². The van der Waals surface area contributed by atoms with Crippen LogP contribution in [0.1, 0.15) is 0 Å². The van der Waals surface area contributed by atoms with E-state index in [9.17, 15) is 5.11 Å². The topological polar surface area (TPSA) is 44.7 Å². The van der Waals surface area contributed by atoms with Gasteiger partial charge < -0.3 is 15.2 Å². The van der Waals surface area contributed by atoms with E-state index in [-0.39, 0.29) is 0 Å². The van der Waals surface area contributed by atoms with Crippen LogP contribution in [0.4, 0.5) is 0 Å². The number of ether oxygens (including phenoxy) is 1. The highest BCUT2D eigenvalue weighted by Gasteiger charge is 2.14. The summed E-state index contributed by atoms with van der Waals surface area (Å²) in [5.41, 5.74) is 0. The Morgan fingerprint density at radius 1 is 1.10 bits per heavy atom. The zero-order valence-electron chi connectivity index (χ0n) is 12.2. The number of aliphatic hydroxyl groups excluding tert-OH is 1. The molecule has 1 fully saturated rings. The predicted octanol–water partition coefficient (Wildman–Crippen LogP) is 1.48. The Labute approximate surface area is 125 Å². The van der Waals surface area contributed by atoms with Gasteiger partial charge in [0.2, 0.25) is 0 Å². The van der Waals surface area contributed by atoms with E-state index < -0.39 is 6.10 Å². The van der Waals surface area contributed by atoms with Crippen LogP contribution in [0.15, 0.2) is 42.5 Å². The quantitative estimate of drug-likeness (QED) is 0.874. The summed E-state index contributed by atoms with van der Waals surface area (Å²) < 4.78 is 5.73. The molecule has 0 aliphatic carbocycles. The summed E-state index contributed by atoms with van der Waals surface area (Å²) in [6.45, 7) is 4.99. The molecule has 0 radical (unpaired) electrons. The first-order chi connectivity index (χ1) is 10.3. The molecule has 112 valence electrons. The average Bonchev–Trinajstić information content (AvgIpc) is 2.54. The van der Waals surface area contributed by atoms with Crippen molar-refractivity contribution in [2.75, 3.05) is 39.3 Å². The number of hydrogen-bond donors (Lipinski definition) is 2. The van der Waals surface area contributed by atoms with Gasteiger partial charge in [-0.15, -0.1) is 0 Å². The van der Waals surface area contributed by atoms with Gasteiger partial charge in [-0.2, -0.15) is 0 Å². The normalized spacial score (nSPS) is 17.8. The van der Waals surface area contributed by atoms with Gasteiger partial charge in [0, 0.05) is 32.7 Å². The first-order valence-electron chi connectivity index (χ1n) is 7.54. The third-order valence-corrected chi connectivity index (χ3v) is 3.84. The molecule has 1 atom stereocenters. The Morgan fingerprint density at radius 3 is 2.67 bits per heavy atom. The minimum Gasteiger partial charge on any atom is -0.491 e. The Kier molecular flexibility index (Phi) is 4.70. The largest absolute Gasteiger partial charge is 0.491 e. The van der Waals surface area contributed by atoms with Crippen LogP contribution in [0, 0.1) is 0 Å². The summed E-state index contributed by atoms with van der Waals surface area (Å²) in [7, 11) is 0. The first-order valence-corrected chi connectivity index (χ1v) is 7.54. The summed E-state index contributed by atoms with van der Waals surface area (Å²) in [6, 6.07) is 14.2. The molecule has 1 heterocycles. The minimum absolute atomic E-state index is 0.336. The van der Waals surface area contributed by atoms with Crippen LogP contribution >= 0.6 is 0 Å². The monoisotopic (exact) mass is 286 g/mol. The molecule has 1 aliphatic heterocycles. The van der Waals surface area contributed by atoms with Crippen molar-refractivity contribution in [1.82, 2.24) is 10.2 Å². The van der Waals surface area contributed by atoms with Crippen molar-refractivity contribution in [3.8, 4) is 5.75 Å². The lowest BCUT2D eigenvalue weighted by Crippen LogP contribution is -2.47. The van der Waals surface area contributed by atoms with Crippen molar-refractivity contribution in [3.05, 3.63) is 42.5 Å². The molecule has 3 rings (SSSR count). The fourth-order valence-corrected chi connectivity index (χ4v) is 2.69. The van der Waals surface area contributed by atoms with Crippen LogP contribution in [0.2, 0.25) is 0 Å². The molecule has 1 saturated heterocycles. The molecular formula is C17H22N2O2. The van der Waals surface area contributed by atoms with Crippen LogP contribution in [0.5, 0.6) is 5.75 Å². The summed E-state index contributed by atoms with van der Waals surface area (Å²) in [6.07, 6.45) is -0.449. The summed E-state index contributed by atoms with van der Waals surface area (Å²) in [4.78, 5) is 2.27.